The zero-order valence-electron chi connectivity index (χ0n) is 13.5. The van der Waals surface area contributed by atoms with E-state index in [-0.39, 0.29) is 0 Å². The molecule has 4 nitrogen and oxygen atoms in total. The molecule has 2 rings (SSSR count). The van der Waals surface area contributed by atoms with Crippen molar-refractivity contribution in [2.24, 2.45) is 0 Å². The van der Waals surface area contributed by atoms with Crippen LogP contribution in [0, 0.1) is 0 Å². The van der Waals surface area contributed by atoms with Crippen molar-refractivity contribution in [1.29, 1.82) is 0 Å². The van der Waals surface area contributed by atoms with Crippen molar-refractivity contribution < 1.29 is 9.84 Å². The van der Waals surface area contributed by atoms with Crippen molar-refractivity contribution in [1.82, 2.24) is 9.88 Å². The summed E-state index contributed by atoms with van der Waals surface area (Å²) in [5, 5.41) is 9.82. The van der Waals surface area contributed by atoms with Crippen LogP contribution >= 0.6 is 0 Å². The molecule has 0 amide bonds. The first-order valence-electron chi connectivity index (χ1n) is 7.45. The summed E-state index contributed by atoms with van der Waals surface area (Å²) in [7, 11) is 2.00. The van der Waals surface area contributed by atoms with E-state index in [1.165, 1.54) is 5.56 Å². The van der Waals surface area contributed by atoms with Gasteiger partial charge in [0, 0.05) is 19.3 Å². The molecule has 2 aromatic rings. The summed E-state index contributed by atoms with van der Waals surface area (Å²) in [5.41, 5.74) is 1.42. The highest BCUT2D eigenvalue weighted by Crippen LogP contribution is 2.15. The lowest BCUT2D eigenvalue weighted by Crippen LogP contribution is -2.35. The summed E-state index contributed by atoms with van der Waals surface area (Å²) in [6.45, 7) is 5.53. The second-order valence-electron chi connectivity index (χ2n) is 6.24. The van der Waals surface area contributed by atoms with Crippen molar-refractivity contribution in [3.63, 3.8) is 0 Å². The predicted molar refractivity (Wildman–Crippen MR) is 87.6 cm³/mol. The van der Waals surface area contributed by atoms with E-state index in [1.54, 1.807) is 6.20 Å². The molecule has 1 heterocycles. The average Bonchev–Trinajstić information content (AvgIpc) is 2.45. The number of hydrogen-bond acceptors (Lipinski definition) is 4. The number of benzene rings is 1. The molecule has 0 atom stereocenters. The lowest BCUT2D eigenvalue weighted by atomic mass is 10.1. The number of likely N-dealkylation sites (N-methyl/N-ethyl adjacent to an activating group) is 1. The highest BCUT2D eigenvalue weighted by molar-refractivity contribution is 5.27. The Balaban J connectivity index is 1.85. The highest BCUT2D eigenvalue weighted by atomic mass is 16.5. The van der Waals surface area contributed by atoms with Crippen LogP contribution in [-0.2, 0) is 13.2 Å². The van der Waals surface area contributed by atoms with Gasteiger partial charge in [0.15, 0.2) is 0 Å². The van der Waals surface area contributed by atoms with E-state index in [2.05, 4.69) is 22.0 Å². The lowest BCUT2D eigenvalue weighted by molar-refractivity contribution is 0.0425. The average molecular weight is 300 g/mol. The van der Waals surface area contributed by atoms with Crippen LogP contribution < -0.4 is 4.74 Å². The van der Waals surface area contributed by atoms with Crippen LogP contribution in [0.3, 0.4) is 0 Å². The van der Waals surface area contributed by atoms with Gasteiger partial charge in [0.2, 0.25) is 0 Å². The minimum absolute atomic E-state index is 0.471. The molecular formula is C18H24N2O2. The molecule has 1 aromatic carbocycles. The largest absolute Gasteiger partial charge is 0.487 e. The molecule has 0 aliphatic heterocycles. The number of aromatic nitrogens is 1. The molecule has 4 heteroatoms. The Labute approximate surface area is 132 Å². The van der Waals surface area contributed by atoms with Crippen LogP contribution in [0.1, 0.15) is 25.1 Å². The van der Waals surface area contributed by atoms with E-state index in [9.17, 15) is 5.11 Å². The van der Waals surface area contributed by atoms with Crippen LogP contribution in [0.4, 0.5) is 0 Å². The maximum Gasteiger partial charge on any atom is 0.130 e. The van der Waals surface area contributed by atoms with Gasteiger partial charge in [0.05, 0.1) is 11.3 Å². The van der Waals surface area contributed by atoms with Gasteiger partial charge in [0.25, 0.3) is 0 Å². The first kappa shape index (κ1) is 16.5. The summed E-state index contributed by atoms with van der Waals surface area (Å²) < 4.78 is 5.72. The van der Waals surface area contributed by atoms with Gasteiger partial charge in [-0.2, -0.15) is 0 Å². The Morgan fingerprint density at radius 1 is 1.14 bits per heavy atom. The Bertz CT molecular complexity index is 562. The zero-order valence-corrected chi connectivity index (χ0v) is 13.5. The molecule has 1 N–H and O–H groups in total. The van der Waals surface area contributed by atoms with Gasteiger partial charge in [0.1, 0.15) is 12.4 Å². The van der Waals surface area contributed by atoms with E-state index in [4.69, 9.17) is 4.74 Å². The van der Waals surface area contributed by atoms with E-state index < -0.39 is 5.60 Å². The van der Waals surface area contributed by atoms with Crippen LogP contribution in [0.5, 0.6) is 5.75 Å². The fourth-order valence-electron chi connectivity index (χ4n) is 2.36. The van der Waals surface area contributed by atoms with Gasteiger partial charge < -0.3 is 9.84 Å². The van der Waals surface area contributed by atoms with Gasteiger partial charge in [-0.1, -0.05) is 18.2 Å². The van der Waals surface area contributed by atoms with Crippen LogP contribution in [0.25, 0.3) is 0 Å². The third kappa shape index (κ3) is 5.84. The Hall–Kier alpha value is -1.91. The number of aliphatic hydroxyl groups is 1. The molecule has 0 saturated carbocycles. The highest BCUT2D eigenvalue weighted by Gasteiger charge is 2.15. The topological polar surface area (TPSA) is 45.6 Å². The molecule has 0 unspecified atom stereocenters. The molecule has 0 spiro atoms. The van der Waals surface area contributed by atoms with Gasteiger partial charge >= 0.3 is 0 Å². The molecule has 0 radical (unpaired) electrons. The van der Waals surface area contributed by atoms with Crippen molar-refractivity contribution in [3.8, 4) is 5.75 Å². The van der Waals surface area contributed by atoms with E-state index in [0.717, 1.165) is 18.0 Å². The minimum Gasteiger partial charge on any atom is -0.487 e. The minimum atomic E-state index is -0.680. The zero-order chi connectivity index (χ0) is 16.0. The van der Waals surface area contributed by atoms with Crippen molar-refractivity contribution >= 4 is 0 Å². The second kappa shape index (κ2) is 7.38. The molecule has 0 bridgehead atoms. The first-order valence-corrected chi connectivity index (χ1v) is 7.45. The quantitative estimate of drug-likeness (QED) is 0.854. The van der Waals surface area contributed by atoms with Gasteiger partial charge in [-0.25, -0.2) is 0 Å². The van der Waals surface area contributed by atoms with E-state index in [1.807, 2.05) is 51.2 Å². The predicted octanol–water partition coefficient (Wildman–Crippen LogP) is 2.86. The Kier molecular flexibility index (Phi) is 5.52. The standard InChI is InChI=1S/C18H24N2O2/c1-18(2,21)14-20(3)12-15-7-9-17(10-8-15)22-13-16-6-4-5-11-19-16/h4-11,21H,12-14H2,1-3H3. The van der Waals surface area contributed by atoms with E-state index >= 15 is 0 Å². The fourth-order valence-corrected chi connectivity index (χ4v) is 2.36. The summed E-state index contributed by atoms with van der Waals surface area (Å²) in [5.74, 6) is 0.833. The number of hydrogen-bond donors (Lipinski definition) is 1. The van der Waals surface area contributed by atoms with Crippen molar-refractivity contribution in [2.45, 2.75) is 32.6 Å². The molecule has 0 fully saturated rings. The third-order valence-electron chi connectivity index (χ3n) is 3.15. The molecule has 0 aliphatic rings. The fraction of sp³-hybridized carbons (Fsp3) is 0.389. The Morgan fingerprint density at radius 3 is 2.45 bits per heavy atom. The Morgan fingerprint density at radius 2 is 1.86 bits per heavy atom. The molecular weight excluding hydrogens is 276 g/mol. The SMILES string of the molecule is CN(Cc1ccc(OCc2ccccn2)cc1)CC(C)(C)O. The van der Waals surface area contributed by atoms with Gasteiger partial charge in [-0.3, -0.25) is 9.88 Å². The van der Waals surface area contributed by atoms with Crippen LogP contribution in [0.15, 0.2) is 48.7 Å². The molecule has 0 saturated heterocycles. The van der Waals surface area contributed by atoms with Crippen molar-refractivity contribution in [2.75, 3.05) is 13.6 Å². The van der Waals surface area contributed by atoms with Crippen LogP contribution in [-0.4, -0.2) is 34.2 Å². The second-order valence-corrected chi connectivity index (χ2v) is 6.24. The number of nitrogens with zero attached hydrogens (tertiary/aromatic N) is 2. The van der Waals surface area contributed by atoms with Gasteiger partial charge in [-0.15, -0.1) is 0 Å². The van der Waals surface area contributed by atoms with E-state index in [0.29, 0.717) is 13.2 Å². The number of pyridine rings is 1. The van der Waals surface area contributed by atoms with Gasteiger partial charge in [-0.05, 0) is 50.7 Å². The smallest absolute Gasteiger partial charge is 0.130 e. The van der Waals surface area contributed by atoms with Crippen LogP contribution in [0.2, 0.25) is 0 Å². The normalized spacial score (nSPS) is 11.7. The molecule has 1 aromatic heterocycles. The molecule has 118 valence electrons. The lowest BCUT2D eigenvalue weighted by Gasteiger charge is -2.25. The summed E-state index contributed by atoms with van der Waals surface area (Å²) in [6.07, 6.45) is 1.76. The first-order chi connectivity index (χ1) is 10.4. The summed E-state index contributed by atoms with van der Waals surface area (Å²) in [6, 6.07) is 13.8. The third-order valence-corrected chi connectivity index (χ3v) is 3.15. The number of ether oxygens (including phenoxy) is 1. The maximum atomic E-state index is 9.82. The molecule has 22 heavy (non-hydrogen) atoms. The monoisotopic (exact) mass is 300 g/mol. The number of rotatable bonds is 7. The maximum absolute atomic E-state index is 9.82. The summed E-state index contributed by atoms with van der Waals surface area (Å²) in [4.78, 5) is 6.33. The molecule has 0 aliphatic carbocycles. The summed E-state index contributed by atoms with van der Waals surface area (Å²) >= 11 is 0. The van der Waals surface area contributed by atoms with Crippen molar-refractivity contribution in [3.05, 3.63) is 59.9 Å².